The summed E-state index contributed by atoms with van der Waals surface area (Å²) in [5, 5.41) is 4.95. The largest absolute Gasteiger partial charge is 0.445 e. The van der Waals surface area contributed by atoms with Crippen LogP contribution < -0.4 is 16.4 Å². The highest BCUT2D eigenvalue weighted by molar-refractivity contribution is 5.91. The molecular weight excluding hydrogens is 322 g/mol. The zero-order valence-electron chi connectivity index (χ0n) is 14.3. The molecular formula is C18H23N3O4. The molecule has 0 heterocycles. The van der Waals surface area contributed by atoms with Crippen LogP contribution in [0.1, 0.15) is 25.8 Å². The van der Waals surface area contributed by atoms with Gasteiger partial charge in [0.1, 0.15) is 18.7 Å². The number of nitrogens with one attached hydrogen (secondary N) is 2. The van der Waals surface area contributed by atoms with Crippen LogP contribution in [0, 0.1) is 18.3 Å². The molecule has 7 nitrogen and oxygen atoms in total. The third-order valence-corrected chi connectivity index (χ3v) is 3.42. The van der Waals surface area contributed by atoms with E-state index in [2.05, 4.69) is 16.6 Å². The Morgan fingerprint density at radius 3 is 2.36 bits per heavy atom. The van der Waals surface area contributed by atoms with Crippen molar-refractivity contribution in [1.82, 2.24) is 10.6 Å². The van der Waals surface area contributed by atoms with Crippen molar-refractivity contribution >= 4 is 17.9 Å². The molecule has 0 aliphatic heterocycles. The van der Waals surface area contributed by atoms with Crippen molar-refractivity contribution in [2.45, 2.75) is 39.0 Å². The van der Waals surface area contributed by atoms with E-state index in [0.717, 1.165) is 5.56 Å². The molecule has 0 bridgehead atoms. The summed E-state index contributed by atoms with van der Waals surface area (Å²) >= 11 is 0. The normalized spacial score (nSPS) is 12.6. The summed E-state index contributed by atoms with van der Waals surface area (Å²) in [4.78, 5) is 35.6. The van der Waals surface area contributed by atoms with Gasteiger partial charge in [0.25, 0.3) is 0 Å². The number of terminal acetylenes is 1. The Morgan fingerprint density at radius 1 is 1.20 bits per heavy atom. The molecule has 1 aromatic rings. The van der Waals surface area contributed by atoms with E-state index in [0.29, 0.717) is 0 Å². The standard InChI is InChI=1S/C18H23N3O4/c1-4-8-14(16(19)22)20-17(23)15(12(2)3)21-18(24)25-11-13-9-6-5-7-10-13/h1,5-7,9-10,12,14-15H,8,11H2,2-3H3,(H2,19,22)(H,20,23)(H,21,24)/t14-,15+/m0/s1. The van der Waals surface area contributed by atoms with Gasteiger partial charge in [-0.25, -0.2) is 4.79 Å². The van der Waals surface area contributed by atoms with E-state index in [1.54, 1.807) is 13.8 Å². The Morgan fingerprint density at radius 2 is 1.84 bits per heavy atom. The minimum absolute atomic E-state index is 0.0235. The zero-order chi connectivity index (χ0) is 18.8. The molecule has 0 aliphatic carbocycles. The van der Waals surface area contributed by atoms with Gasteiger partial charge in [0.2, 0.25) is 11.8 Å². The number of hydrogen-bond donors (Lipinski definition) is 3. The number of primary amides is 1. The van der Waals surface area contributed by atoms with Gasteiger partial charge in [-0.3, -0.25) is 9.59 Å². The first-order valence-corrected chi connectivity index (χ1v) is 7.85. The molecule has 3 amide bonds. The second-order valence-electron chi connectivity index (χ2n) is 5.80. The van der Waals surface area contributed by atoms with E-state index >= 15 is 0 Å². The van der Waals surface area contributed by atoms with E-state index in [1.165, 1.54) is 0 Å². The van der Waals surface area contributed by atoms with Gasteiger partial charge in [-0.15, -0.1) is 12.3 Å². The van der Waals surface area contributed by atoms with Gasteiger partial charge in [-0.2, -0.15) is 0 Å². The van der Waals surface area contributed by atoms with E-state index in [9.17, 15) is 14.4 Å². The molecule has 0 radical (unpaired) electrons. The Labute approximate surface area is 147 Å². The second-order valence-corrected chi connectivity index (χ2v) is 5.80. The maximum Gasteiger partial charge on any atom is 0.408 e. The van der Waals surface area contributed by atoms with Gasteiger partial charge in [0.05, 0.1) is 0 Å². The number of nitrogens with two attached hydrogens (primary N) is 1. The van der Waals surface area contributed by atoms with E-state index in [1.807, 2.05) is 30.3 Å². The van der Waals surface area contributed by atoms with Crippen molar-refractivity contribution in [3.8, 4) is 12.3 Å². The van der Waals surface area contributed by atoms with Crippen LogP contribution in [0.5, 0.6) is 0 Å². The second kappa shape index (κ2) is 9.98. The van der Waals surface area contributed by atoms with Crippen LogP contribution in [-0.4, -0.2) is 30.0 Å². The molecule has 2 atom stereocenters. The first-order chi connectivity index (χ1) is 11.8. The van der Waals surface area contributed by atoms with Gasteiger partial charge >= 0.3 is 6.09 Å². The van der Waals surface area contributed by atoms with Crippen LogP contribution in [0.15, 0.2) is 30.3 Å². The SMILES string of the molecule is C#CC[C@H](NC(=O)[C@H](NC(=O)OCc1ccccc1)C(C)C)C(N)=O. The summed E-state index contributed by atoms with van der Waals surface area (Å²) in [7, 11) is 0. The summed E-state index contributed by atoms with van der Waals surface area (Å²) in [6.07, 6.45) is 4.40. The molecule has 0 aliphatic rings. The fraction of sp³-hybridized carbons (Fsp3) is 0.389. The van der Waals surface area contributed by atoms with E-state index in [-0.39, 0.29) is 18.9 Å². The number of rotatable bonds is 8. The minimum atomic E-state index is -0.985. The summed E-state index contributed by atoms with van der Waals surface area (Å²) in [6, 6.07) is 7.28. The third kappa shape index (κ3) is 6.96. The summed E-state index contributed by atoms with van der Waals surface area (Å²) < 4.78 is 5.10. The fourth-order valence-corrected chi connectivity index (χ4v) is 2.03. The van der Waals surface area contributed by atoms with E-state index < -0.39 is 30.0 Å². The van der Waals surface area contributed by atoms with Crippen LogP contribution in [0.4, 0.5) is 4.79 Å². The van der Waals surface area contributed by atoms with Gasteiger partial charge in [0.15, 0.2) is 0 Å². The lowest BCUT2D eigenvalue weighted by Gasteiger charge is -2.23. The Hall–Kier alpha value is -3.01. The van der Waals surface area contributed by atoms with Crippen molar-refractivity contribution in [2.75, 3.05) is 0 Å². The van der Waals surface area contributed by atoms with Gasteiger partial charge in [0, 0.05) is 6.42 Å². The van der Waals surface area contributed by atoms with Crippen LogP contribution >= 0.6 is 0 Å². The first kappa shape index (κ1) is 20.0. The predicted molar refractivity (Wildman–Crippen MR) is 93.0 cm³/mol. The van der Waals surface area contributed by atoms with Crippen molar-refractivity contribution in [2.24, 2.45) is 11.7 Å². The van der Waals surface area contributed by atoms with Crippen molar-refractivity contribution in [1.29, 1.82) is 0 Å². The average molecular weight is 345 g/mol. The average Bonchev–Trinajstić information content (AvgIpc) is 2.57. The number of benzene rings is 1. The maximum atomic E-state index is 12.3. The molecule has 7 heteroatoms. The molecule has 25 heavy (non-hydrogen) atoms. The van der Waals surface area contributed by atoms with Crippen molar-refractivity contribution < 1.29 is 19.1 Å². The Kier molecular flexibility index (Phi) is 8.00. The lowest BCUT2D eigenvalue weighted by atomic mass is 10.0. The highest BCUT2D eigenvalue weighted by Crippen LogP contribution is 2.05. The van der Waals surface area contributed by atoms with Crippen LogP contribution in [-0.2, 0) is 20.9 Å². The maximum absolute atomic E-state index is 12.3. The lowest BCUT2D eigenvalue weighted by molar-refractivity contribution is -0.129. The molecule has 134 valence electrons. The van der Waals surface area contributed by atoms with Crippen molar-refractivity contribution in [3.05, 3.63) is 35.9 Å². The van der Waals surface area contributed by atoms with Gasteiger partial charge < -0.3 is 21.1 Å². The van der Waals surface area contributed by atoms with Crippen LogP contribution in [0.3, 0.4) is 0 Å². The highest BCUT2D eigenvalue weighted by Gasteiger charge is 2.28. The molecule has 0 unspecified atom stereocenters. The topological polar surface area (TPSA) is 111 Å². The first-order valence-electron chi connectivity index (χ1n) is 7.85. The number of alkyl carbamates (subject to hydrolysis) is 1. The van der Waals surface area contributed by atoms with Crippen LogP contribution in [0.2, 0.25) is 0 Å². The predicted octanol–water partition coefficient (Wildman–Crippen LogP) is 0.931. The molecule has 0 saturated heterocycles. The van der Waals surface area contributed by atoms with Crippen LogP contribution in [0.25, 0.3) is 0 Å². The van der Waals surface area contributed by atoms with Gasteiger partial charge in [-0.05, 0) is 11.5 Å². The zero-order valence-corrected chi connectivity index (χ0v) is 14.3. The minimum Gasteiger partial charge on any atom is -0.445 e. The molecule has 0 spiro atoms. The summed E-state index contributed by atoms with van der Waals surface area (Å²) in [6.45, 7) is 3.59. The molecule has 1 aromatic carbocycles. The molecule has 0 fully saturated rings. The van der Waals surface area contributed by atoms with Gasteiger partial charge in [-0.1, -0.05) is 44.2 Å². The van der Waals surface area contributed by atoms with E-state index in [4.69, 9.17) is 16.9 Å². The number of carbonyl (C=O) groups is 3. The Balaban J connectivity index is 2.63. The number of hydrogen-bond acceptors (Lipinski definition) is 4. The summed E-state index contributed by atoms with van der Waals surface area (Å²) in [5.41, 5.74) is 6.02. The molecule has 4 N–H and O–H groups in total. The Bertz CT molecular complexity index is 637. The smallest absolute Gasteiger partial charge is 0.408 e. The number of carbonyl (C=O) groups excluding carboxylic acids is 3. The van der Waals surface area contributed by atoms with Crippen molar-refractivity contribution in [3.63, 3.8) is 0 Å². The number of ether oxygens (including phenoxy) is 1. The molecule has 1 rings (SSSR count). The molecule has 0 aromatic heterocycles. The fourth-order valence-electron chi connectivity index (χ4n) is 2.03. The molecule has 0 saturated carbocycles. The highest BCUT2D eigenvalue weighted by atomic mass is 16.5. The monoisotopic (exact) mass is 345 g/mol. The third-order valence-electron chi connectivity index (χ3n) is 3.42. The summed E-state index contributed by atoms with van der Waals surface area (Å²) in [5.74, 6) is 0.756. The number of amides is 3. The lowest BCUT2D eigenvalue weighted by Crippen LogP contribution is -2.54. The quantitative estimate of drug-likeness (QED) is 0.609.